The summed E-state index contributed by atoms with van der Waals surface area (Å²) in [7, 11) is 0. The highest BCUT2D eigenvalue weighted by Gasteiger charge is 2.44. The Morgan fingerprint density at radius 2 is 1.92 bits per heavy atom. The van der Waals surface area contributed by atoms with Crippen molar-refractivity contribution in [3.63, 3.8) is 0 Å². The van der Waals surface area contributed by atoms with E-state index >= 15 is 0 Å². The molecule has 0 saturated carbocycles. The molecule has 190 valence electrons. The standard InChI is InChI=1S/C29H29N3O5/c1-2-3-17-36-22-11-9-20(10-12-22)26-25(27(33)24-18-21-7-4-5-8-23(21)37-24)28(34)29(35)32(26)15-6-14-31-16-13-30-19-31/h4-5,7-13,16,18-19,26,34H,2-3,6,14-15,17H2,1H3. The molecule has 37 heavy (non-hydrogen) atoms. The normalized spacial score (nSPS) is 15.6. The molecule has 4 aromatic rings. The van der Waals surface area contributed by atoms with E-state index in [9.17, 15) is 14.7 Å². The van der Waals surface area contributed by atoms with Crippen LogP contribution in [0.4, 0.5) is 0 Å². The Morgan fingerprint density at radius 3 is 2.65 bits per heavy atom. The number of nitrogens with zero attached hydrogens (tertiary/aromatic N) is 3. The number of imidazole rings is 1. The van der Waals surface area contributed by atoms with E-state index < -0.39 is 23.5 Å². The van der Waals surface area contributed by atoms with Crippen molar-refractivity contribution in [3.05, 3.63) is 96.0 Å². The summed E-state index contributed by atoms with van der Waals surface area (Å²) in [5.74, 6) is -0.820. The molecule has 3 heterocycles. The molecule has 2 aromatic heterocycles. The maximum absolute atomic E-state index is 13.7. The van der Waals surface area contributed by atoms with E-state index in [0.717, 1.165) is 18.2 Å². The van der Waals surface area contributed by atoms with Gasteiger partial charge in [0.15, 0.2) is 11.5 Å². The molecule has 0 spiro atoms. The van der Waals surface area contributed by atoms with Gasteiger partial charge in [0.2, 0.25) is 5.78 Å². The van der Waals surface area contributed by atoms with Crippen LogP contribution in [-0.4, -0.2) is 44.4 Å². The Hall–Kier alpha value is -4.33. The van der Waals surface area contributed by atoms with Crippen LogP contribution < -0.4 is 4.74 Å². The summed E-state index contributed by atoms with van der Waals surface area (Å²) in [4.78, 5) is 32.5. The molecule has 1 unspecified atom stereocenters. The first-order chi connectivity index (χ1) is 18.1. The summed E-state index contributed by atoms with van der Waals surface area (Å²) in [6.45, 7) is 3.71. The summed E-state index contributed by atoms with van der Waals surface area (Å²) in [6.07, 6.45) is 7.88. The van der Waals surface area contributed by atoms with Crippen LogP contribution in [0.25, 0.3) is 11.0 Å². The van der Waals surface area contributed by atoms with E-state index in [1.807, 2.05) is 53.2 Å². The zero-order chi connectivity index (χ0) is 25.8. The zero-order valence-electron chi connectivity index (χ0n) is 20.7. The first-order valence-electron chi connectivity index (χ1n) is 12.5. The van der Waals surface area contributed by atoms with Gasteiger partial charge in [-0.2, -0.15) is 0 Å². The van der Waals surface area contributed by atoms with Crippen LogP contribution in [0.1, 0.15) is 48.3 Å². The Morgan fingerprint density at radius 1 is 1.11 bits per heavy atom. The van der Waals surface area contributed by atoms with Crippen LogP contribution in [0.5, 0.6) is 5.75 Å². The molecule has 0 bridgehead atoms. The van der Waals surface area contributed by atoms with Gasteiger partial charge in [0, 0.05) is 30.9 Å². The smallest absolute Gasteiger partial charge is 0.290 e. The van der Waals surface area contributed by atoms with Crippen LogP contribution >= 0.6 is 0 Å². The van der Waals surface area contributed by atoms with Crippen molar-refractivity contribution in [2.24, 2.45) is 0 Å². The first kappa shape index (κ1) is 24.4. The number of aliphatic hydroxyl groups is 1. The third kappa shape index (κ3) is 5.00. The Kier molecular flexibility index (Phi) is 7.07. The number of aryl methyl sites for hydroxylation is 1. The first-order valence-corrected chi connectivity index (χ1v) is 12.5. The zero-order valence-corrected chi connectivity index (χ0v) is 20.7. The van der Waals surface area contributed by atoms with Crippen molar-refractivity contribution in [2.45, 2.75) is 38.8 Å². The molecular weight excluding hydrogens is 470 g/mol. The second-order valence-corrected chi connectivity index (χ2v) is 9.07. The van der Waals surface area contributed by atoms with E-state index in [2.05, 4.69) is 11.9 Å². The largest absolute Gasteiger partial charge is 0.503 e. The highest BCUT2D eigenvalue weighted by molar-refractivity contribution is 6.16. The average molecular weight is 500 g/mol. The summed E-state index contributed by atoms with van der Waals surface area (Å²) in [5.41, 5.74) is 1.30. The van der Waals surface area contributed by atoms with Gasteiger partial charge in [-0.05, 0) is 42.7 Å². The van der Waals surface area contributed by atoms with Crippen molar-refractivity contribution in [1.82, 2.24) is 14.5 Å². The number of para-hydroxylation sites is 1. The van der Waals surface area contributed by atoms with Gasteiger partial charge in [-0.15, -0.1) is 0 Å². The van der Waals surface area contributed by atoms with Gasteiger partial charge in [0.05, 0.1) is 24.5 Å². The number of ketones is 1. The Labute approximate surface area is 214 Å². The van der Waals surface area contributed by atoms with Crippen LogP contribution in [-0.2, 0) is 11.3 Å². The second-order valence-electron chi connectivity index (χ2n) is 9.07. The minimum atomic E-state index is -0.749. The van der Waals surface area contributed by atoms with E-state index in [0.29, 0.717) is 43.0 Å². The molecule has 1 atom stereocenters. The molecule has 2 aromatic carbocycles. The lowest BCUT2D eigenvalue weighted by Crippen LogP contribution is -2.32. The third-order valence-electron chi connectivity index (χ3n) is 6.53. The second kappa shape index (κ2) is 10.7. The fourth-order valence-corrected chi connectivity index (χ4v) is 4.61. The maximum atomic E-state index is 13.7. The fourth-order valence-electron chi connectivity index (χ4n) is 4.61. The monoisotopic (exact) mass is 499 g/mol. The average Bonchev–Trinajstić information content (AvgIpc) is 3.64. The number of benzene rings is 2. The summed E-state index contributed by atoms with van der Waals surface area (Å²) >= 11 is 0. The summed E-state index contributed by atoms with van der Waals surface area (Å²) in [6, 6.07) is 15.5. The number of fused-ring (bicyclic) bond motifs is 1. The minimum absolute atomic E-state index is 0.0198. The van der Waals surface area contributed by atoms with Crippen molar-refractivity contribution in [3.8, 4) is 5.75 Å². The lowest BCUT2D eigenvalue weighted by Gasteiger charge is -2.27. The van der Waals surface area contributed by atoms with E-state index in [4.69, 9.17) is 9.15 Å². The molecule has 0 aliphatic carbocycles. The molecule has 8 nitrogen and oxygen atoms in total. The SMILES string of the molecule is CCCCOc1ccc(C2C(C(=O)c3cc4ccccc4o3)=C(O)C(=O)N2CCCn2ccnc2)cc1. The van der Waals surface area contributed by atoms with Gasteiger partial charge in [-0.25, -0.2) is 4.98 Å². The van der Waals surface area contributed by atoms with Gasteiger partial charge in [-0.3, -0.25) is 9.59 Å². The van der Waals surface area contributed by atoms with E-state index in [-0.39, 0.29) is 11.3 Å². The maximum Gasteiger partial charge on any atom is 0.290 e. The number of hydrogen-bond donors (Lipinski definition) is 1. The lowest BCUT2D eigenvalue weighted by atomic mass is 9.95. The molecule has 5 rings (SSSR count). The fraction of sp³-hybridized carbons (Fsp3) is 0.276. The molecule has 1 aliphatic heterocycles. The molecule has 0 saturated heterocycles. The number of rotatable bonds is 11. The summed E-state index contributed by atoms with van der Waals surface area (Å²) in [5, 5.41) is 11.7. The van der Waals surface area contributed by atoms with Crippen LogP contribution in [0.2, 0.25) is 0 Å². The number of amides is 1. The van der Waals surface area contributed by atoms with Gasteiger partial charge in [0.1, 0.15) is 11.3 Å². The van der Waals surface area contributed by atoms with Crippen molar-refractivity contribution in [1.29, 1.82) is 0 Å². The third-order valence-corrected chi connectivity index (χ3v) is 6.53. The molecule has 0 radical (unpaired) electrons. The number of ether oxygens (including phenoxy) is 1. The quantitative estimate of drug-likeness (QED) is 0.217. The number of aromatic nitrogens is 2. The van der Waals surface area contributed by atoms with Crippen LogP contribution in [0.3, 0.4) is 0 Å². The summed E-state index contributed by atoms with van der Waals surface area (Å²) < 4.78 is 13.5. The number of unbranched alkanes of at least 4 members (excludes halogenated alkanes) is 1. The van der Waals surface area contributed by atoms with Gasteiger partial charge < -0.3 is 23.7 Å². The number of Topliss-reactive ketones (excluding diaryl/α,β-unsaturated/α-hetero) is 1. The predicted molar refractivity (Wildman–Crippen MR) is 138 cm³/mol. The number of furan rings is 1. The van der Waals surface area contributed by atoms with Crippen molar-refractivity contribution in [2.75, 3.05) is 13.2 Å². The van der Waals surface area contributed by atoms with Crippen LogP contribution in [0.15, 0.2) is 89.1 Å². The highest BCUT2D eigenvalue weighted by atomic mass is 16.5. The number of aliphatic hydroxyl groups excluding tert-OH is 1. The van der Waals surface area contributed by atoms with Crippen molar-refractivity contribution >= 4 is 22.7 Å². The number of carbonyl (C=O) groups excluding carboxylic acids is 2. The van der Waals surface area contributed by atoms with Gasteiger partial charge >= 0.3 is 0 Å². The van der Waals surface area contributed by atoms with Crippen molar-refractivity contribution < 1.29 is 23.8 Å². The number of hydrogen-bond acceptors (Lipinski definition) is 6. The van der Waals surface area contributed by atoms with Crippen LogP contribution in [0, 0.1) is 0 Å². The molecule has 1 aliphatic rings. The van der Waals surface area contributed by atoms with E-state index in [1.165, 1.54) is 0 Å². The highest BCUT2D eigenvalue weighted by Crippen LogP contribution is 2.40. The van der Waals surface area contributed by atoms with E-state index in [1.54, 1.807) is 29.6 Å². The lowest BCUT2D eigenvalue weighted by molar-refractivity contribution is -0.129. The predicted octanol–water partition coefficient (Wildman–Crippen LogP) is 5.48. The Bertz CT molecular complexity index is 1390. The van der Waals surface area contributed by atoms with Gasteiger partial charge in [0.25, 0.3) is 5.91 Å². The topological polar surface area (TPSA) is 97.8 Å². The minimum Gasteiger partial charge on any atom is -0.503 e. The molecular formula is C29H29N3O5. The molecule has 1 amide bonds. The molecule has 1 N–H and O–H groups in total. The van der Waals surface area contributed by atoms with Gasteiger partial charge in [-0.1, -0.05) is 43.7 Å². The number of carbonyl (C=O) groups is 2. The molecule has 0 fully saturated rings. The molecule has 8 heteroatoms. The Balaban J connectivity index is 1.45.